The van der Waals surface area contributed by atoms with Crippen LogP contribution in [0.4, 0.5) is 0 Å². The number of aliphatic hydroxyl groups excluding tert-OH is 1. The van der Waals surface area contributed by atoms with Gasteiger partial charge in [0, 0.05) is 19.4 Å². The Morgan fingerprint density at radius 3 is 2.20 bits per heavy atom. The number of hydrogen-bond acceptors (Lipinski definition) is 3. The van der Waals surface area contributed by atoms with Gasteiger partial charge >= 0.3 is 0 Å². The zero-order valence-corrected chi connectivity index (χ0v) is 12.9. The first-order valence-electron chi connectivity index (χ1n) is 8.77. The van der Waals surface area contributed by atoms with Crippen molar-refractivity contribution in [3.8, 4) is 0 Å². The minimum atomic E-state index is -0.187. The van der Waals surface area contributed by atoms with Gasteiger partial charge in [-0.25, -0.2) is 0 Å². The molecule has 1 saturated carbocycles. The van der Waals surface area contributed by atoms with E-state index in [2.05, 4.69) is 0 Å². The standard InChI is InChI=1S/C17H32O3/c18-14-10-5-3-1-2-4-7-11-16-15-19-17(20-16)12-8-6-9-13-17/h16,18H,1-15H2. The predicted octanol–water partition coefficient (Wildman–Crippen LogP) is 4.18. The SMILES string of the molecule is OCCCCCCCCCC1COC2(CCCCC2)O1. The normalized spacial score (nSPS) is 25.4. The van der Waals surface area contributed by atoms with Gasteiger partial charge in [0.05, 0.1) is 12.7 Å². The number of aliphatic hydroxyl groups is 1. The summed E-state index contributed by atoms with van der Waals surface area (Å²) in [5, 5.41) is 8.71. The predicted molar refractivity (Wildman–Crippen MR) is 80.7 cm³/mol. The van der Waals surface area contributed by atoms with Gasteiger partial charge in [0.25, 0.3) is 0 Å². The van der Waals surface area contributed by atoms with Gasteiger partial charge in [0.2, 0.25) is 0 Å². The summed E-state index contributed by atoms with van der Waals surface area (Å²) < 4.78 is 12.2. The van der Waals surface area contributed by atoms with E-state index in [1.807, 2.05) is 0 Å². The molecule has 1 saturated heterocycles. The van der Waals surface area contributed by atoms with E-state index >= 15 is 0 Å². The van der Waals surface area contributed by atoms with E-state index in [-0.39, 0.29) is 5.79 Å². The lowest BCUT2D eigenvalue weighted by Gasteiger charge is -2.31. The van der Waals surface area contributed by atoms with Crippen molar-refractivity contribution in [1.29, 1.82) is 0 Å². The van der Waals surface area contributed by atoms with Crippen LogP contribution in [0.15, 0.2) is 0 Å². The van der Waals surface area contributed by atoms with Gasteiger partial charge in [-0.3, -0.25) is 0 Å². The molecule has 2 rings (SSSR count). The Labute approximate surface area is 124 Å². The zero-order valence-electron chi connectivity index (χ0n) is 12.9. The highest BCUT2D eigenvalue weighted by molar-refractivity contribution is 4.82. The first-order valence-corrected chi connectivity index (χ1v) is 8.77. The van der Waals surface area contributed by atoms with Crippen LogP contribution in [0, 0.1) is 0 Å². The Kier molecular flexibility index (Phi) is 7.32. The van der Waals surface area contributed by atoms with E-state index in [1.165, 1.54) is 64.2 Å². The molecule has 3 heteroatoms. The number of rotatable bonds is 9. The van der Waals surface area contributed by atoms with Gasteiger partial charge in [0.15, 0.2) is 5.79 Å². The van der Waals surface area contributed by atoms with Crippen molar-refractivity contribution in [2.75, 3.05) is 13.2 Å². The van der Waals surface area contributed by atoms with E-state index in [9.17, 15) is 0 Å². The van der Waals surface area contributed by atoms with Crippen LogP contribution in [-0.2, 0) is 9.47 Å². The quantitative estimate of drug-likeness (QED) is 0.646. The maximum atomic E-state index is 8.71. The van der Waals surface area contributed by atoms with Crippen LogP contribution in [0.2, 0.25) is 0 Å². The lowest BCUT2D eigenvalue weighted by molar-refractivity contribution is -0.187. The summed E-state index contributed by atoms with van der Waals surface area (Å²) in [7, 11) is 0. The van der Waals surface area contributed by atoms with Gasteiger partial charge < -0.3 is 14.6 Å². The second-order valence-corrected chi connectivity index (χ2v) is 6.51. The van der Waals surface area contributed by atoms with Crippen molar-refractivity contribution in [2.24, 2.45) is 0 Å². The van der Waals surface area contributed by atoms with Crippen molar-refractivity contribution in [2.45, 2.75) is 95.4 Å². The molecule has 1 unspecified atom stereocenters. The van der Waals surface area contributed by atoms with Gasteiger partial charge in [0.1, 0.15) is 0 Å². The van der Waals surface area contributed by atoms with E-state index in [4.69, 9.17) is 14.6 Å². The molecule has 1 heterocycles. The Morgan fingerprint density at radius 2 is 1.50 bits per heavy atom. The first-order chi connectivity index (χ1) is 9.85. The molecule has 0 radical (unpaired) electrons. The van der Waals surface area contributed by atoms with Crippen molar-refractivity contribution < 1.29 is 14.6 Å². The third-order valence-electron chi connectivity index (χ3n) is 4.71. The van der Waals surface area contributed by atoms with Gasteiger partial charge in [-0.15, -0.1) is 0 Å². The van der Waals surface area contributed by atoms with Crippen LogP contribution in [0.1, 0.15) is 83.5 Å². The highest BCUT2D eigenvalue weighted by Gasteiger charge is 2.41. The molecular weight excluding hydrogens is 252 g/mol. The molecule has 1 atom stereocenters. The number of unbranched alkanes of at least 4 members (excludes halogenated alkanes) is 6. The van der Waals surface area contributed by atoms with E-state index in [1.54, 1.807) is 0 Å². The molecule has 0 bridgehead atoms. The van der Waals surface area contributed by atoms with Crippen LogP contribution in [0.25, 0.3) is 0 Å². The Hall–Kier alpha value is -0.120. The fourth-order valence-corrected chi connectivity index (χ4v) is 3.48. The van der Waals surface area contributed by atoms with E-state index in [0.29, 0.717) is 12.7 Å². The molecule has 118 valence electrons. The summed E-state index contributed by atoms with van der Waals surface area (Å²) in [6.07, 6.45) is 16.2. The Bertz CT molecular complexity index is 249. The topological polar surface area (TPSA) is 38.7 Å². The van der Waals surface area contributed by atoms with Gasteiger partial charge in [-0.1, -0.05) is 44.9 Å². The van der Waals surface area contributed by atoms with Crippen molar-refractivity contribution >= 4 is 0 Å². The van der Waals surface area contributed by atoms with Crippen LogP contribution >= 0.6 is 0 Å². The maximum absolute atomic E-state index is 8.71. The van der Waals surface area contributed by atoms with E-state index < -0.39 is 0 Å². The first kappa shape index (κ1) is 16.3. The fourth-order valence-electron chi connectivity index (χ4n) is 3.48. The van der Waals surface area contributed by atoms with Gasteiger partial charge in [-0.05, 0) is 25.7 Å². The summed E-state index contributed by atoms with van der Waals surface area (Å²) in [5.41, 5.74) is 0. The molecule has 0 aromatic heterocycles. The summed E-state index contributed by atoms with van der Waals surface area (Å²) in [6, 6.07) is 0. The molecule has 1 N–H and O–H groups in total. The monoisotopic (exact) mass is 284 g/mol. The molecule has 20 heavy (non-hydrogen) atoms. The molecule has 0 aromatic rings. The third-order valence-corrected chi connectivity index (χ3v) is 4.71. The lowest BCUT2D eigenvalue weighted by Crippen LogP contribution is -2.33. The van der Waals surface area contributed by atoms with Crippen LogP contribution in [0.3, 0.4) is 0 Å². The highest BCUT2D eigenvalue weighted by atomic mass is 16.7. The number of ether oxygens (including phenoxy) is 2. The molecule has 0 amide bonds. The fraction of sp³-hybridized carbons (Fsp3) is 1.00. The molecule has 2 fully saturated rings. The lowest BCUT2D eigenvalue weighted by atomic mass is 9.94. The van der Waals surface area contributed by atoms with E-state index in [0.717, 1.165) is 25.9 Å². The zero-order chi connectivity index (χ0) is 14.1. The maximum Gasteiger partial charge on any atom is 0.168 e. The average molecular weight is 284 g/mol. The van der Waals surface area contributed by atoms with Crippen LogP contribution in [0.5, 0.6) is 0 Å². The molecule has 1 aliphatic carbocycles. The summed E-state index contributed by atoms with van der Waals surface area (Å²) in [6.45, 7) is 1.16. The minimum absolute atomic E-state index is 0.187. The van der Waals surface area contributed by atoms with Crippen molar-refractivity contribution in [1.82, 2.24) is 0 Å². The molecule has 1 aliphatic heterocycles. The second kappa shape index (κ2) is 9.01. The second-order valence-electron chi connectivity index (χ2n) is 6.51. The Balaban J connectivity index is 1.46. The summed E-state index contributed by atoms with van der Waals surface area (Å²) in [5.74, 6) is -0.187. The van der Waals surface area contributed by atoms with Crippen molar-refractivity contribution in [3.63, 3.8) is 0 Å². The Morgan fingerprint density at radius 1 is 0.850 bits per heavy atom. The third kappa shape index (κ3) is 5.34. The summed E-state index contributed by atoms with van der Waals surface area (Å²) >= 11 is 0. The van der Waals surface area contributed by atoms with Crippen LogP contribution < -0.4 is 0 Å². The molecule has 1 spiro atoms. The van der Waals surface area contributed by atoms with Crippen molar-refractivity contribution in [3.05, 3.63) is 0 Å². The number of hydrogen-bond donors (Lipinski definition) is 1. The summed E-state index contributed by atoms with van der Waals surface area (Å²) in [4.78, 5) is 0. The molecule has 3 nitrogen and oxygen atoms in total. The largest absolute Gasteiger partial charge is 0.396 e. The van der Waals surface area contributed by atoms with Gasteiger partial charge in [-0.2, -0.15) is 0 Å². The smallest absolute Gasteiger partial charge is 0.168 e. The minimum Gasteiger partial charge on any atom is -0.396 e. The molecule has 0 aromatic carbocycles. The molecular formula is C17H32O3. The molecule has 2 aliphatic rings. The van der Waals surface area contributed by atoms with Crippen LogP contribution in [-0.4, -0.2) is 30.2 Å². The average Bonchev–Trinajstić information content (AvgIpc) is 2.85. The highest BCUT2D eigenvalue weighted by Crippen LogP contribution is 2.38.